The Hall–Kier alpha value is -1.92. The van der Waals surface area contributed by atoms with Crippen LogP contribution in [0.4, 0.5) is 0 Å². The van der Waals surface area contributed by atoms with E-state index in [-0.39, 0.29) is 12.5 Å². The van der Waals surface area contributed by atoms with Crippen LogP contribution in [0.2, 0.25) is 0 Å². The molecule has 0 aliphatic carbocycles. The Bertz CT molecular complexity index is 567. The highest BCUT2D eigenvalue weighted by Gasteiger charge is 2.53. The van der Waals surface area contributed by atoms with Gasteiger partial charge in [-0.1, -0.05) is 18.2 Å². The van der Waals surface area contributed by atoms with Crippen LogP contribution in [-0.4, -0.2) is 65.3 Å². The molecule has 1 atom stereocenters. The SMILES string of the molecule is CN1CCC2(CC1)OC[C@H](C(=O)O)N2C(=O)c1ccccc1. The summed E-state index contributed by atoms with van der Waals surface area (Å²) in [5, 5.41) is 9.46. The van der Waals surface area contributed by atoms with Crippen molar-refractivity contribution in [3.63, 3.8) is 0 Å². The Balaban J connectivity index is 1.94. The summed E-state index contributed by atoms with van der Waals surface area (Å²) in [4.78, 5) is 28.1. The van der Waals surface area contributed by atoms with Gasteiger partial charge in [0, 0.05) is 31.5 Å². The minimum atomic E-state index is -1.01. The molecule has 1 aromatic rings. The molecule has 6 heteroatoms. The highest BCUT2D eigenvalue weighted by molar-refractivity contribution is 5.97. The van der Waals surface area contributed by atoms with Crippen LogP contribution in [-0.2, 0) is 9.53 Å². The topological polar surface area (TPSA) is 70.1 Å². The van der Waals surface area contributed by atoms with Gasteiger partial charge in [0.2, 0.25) is 0 Å². The van der Waals surface area contributed by atoms with Gasteiger partial charge in [-0.25, -0.2) is 4.79 Å². The van der Waals surface area contributed by atoms with E-state index in [1.807, 2.05) is 13.1 Å². The first kappa shape index (κ1) is 15.0. The smallest absolute Gasteiger partial charge is 0.328 e. The van der Waals surface area contributed by atoms with Crippen molar-refractivity contribution >= 4 is 11.9 Å². The van der Waals surface area contributed by atoms with Gasteiger partial charge in [0.25, 0.3) is 5.91 Å². The van der Waals surface area contributed by atoms with Crippen LogP contribution < -0.4 is 0 Å². The number of carboxylic acids is 1. The molecule has 2 aliphatic rings. The van der Waals surface area contributed by atoms with Crippen LogP contribution in [0.25, 0.3) is 0 Å². The molecule has 22 heavy (non-hydrogen) atoms. The van der Waals surface area contributed by atoms with Crippen molar-refractivity contribution in [1.29, 1.82) is 0 Å². The van der Waals surface area contributed by atoms with E-state index in [9.17, 15) is 14.7 Å². The summed E-state index contributed by atoms with van der Waals surface area (Å²) in [6.45, 7) is 1.62. The minimum absolute atomic E-state index is 0.0532. The normalized spacial score (nSPS) is 24.6. The molecule has 3 rings (SSSR count). The lowest BCUT2D eigenvalue weighted by molar-refractivity contribution is -0.143. The number of aliphatic carboxylic acids is 1. The van der Waals surface area contributed by atoms with E-state index in [4.69, 9.17) is 4.74 Å². The summed E-state index contributed by atoms with van der Waals surface area (Å²) in [7, 11) is 2.01. The Labute approximate surface area is 129 Å². The summed E-state index contributed by atoms with van der Waals surface area (Å²) >= 11 is 0. The molecule has 1 spiro atoms. The van der Waals surface area contributed by atoms with E-state index in [0.29, 0.717) is 18.4 Å². The Morgan fingerprint density at radius 1 is 1.23 bits per heavy atom. The minimum Gasteiger partial charge on any atom is -0.480 e. The van der Waals surface area contributed by atoms with Gasteiger partial charge in [0.05, 0.1) is 6.61 Å². The van der Waals surface area contributed by atoms with Crippen molar-refractivity contribution in [2.24, 2.45) is 0 Å². The first-order chi connectivity index (χ1) is 10.5. The average molecular weight is 304 g/mol. The van der Waals surface area contributed by atoms with Crippen molar-refractivity contribution in [2.45, 2.75) is 24.6 Å². The van der Waals surface area contributed by atoms with Gasteiger partial charge in [-0.2, -0.15) is 0 Å². The third-order valence-electron chi connectivity index (χ3n) is 4.55. The van der Waals surface area contributed by atoms with Crippen LogP contribution in [0.3, 0.4) is 0 Å². The van der Waals surface area contributed by atoms with Gasteiger partial charge in [-0.05, 0) is 19.2 Å². The molecule has 0 bridgehead atoms. The highest BCUT2D eigenvalue weighted by atomic mass is 16.5. The zero-order chi connectivity index (χ0) is 15.7. The fourth-order valence-electron chi connectivity index (χ4n) is 3.24. The van der Waals surface area contributed by atoms with Gasteiger partial charge < -0.3 is 14.7 Å². The summed E-state index contributed by atoms with van der Waals surface area (Å²) in [6.07, 6.45) is 1.26. The number of carbonyl (C=O) groups excluding carboxylic acids is 1. The lowest BCUT2D eigenvalue weighted by atomic mass is 9.97. The third-order valence-corrected chi connectivity index (χ3v) is 4.55. The van der Waals surface area contributed by atoms with Crippen LogP contribution in [0.1, 0.15) is 23.2 Å². The zero-order valence-corrected chi connectivity index (χ0v) is 12.6. The monoisotopic (exact) mass is 304 g/mol. The summed E-state index contributed by atoms with van der Waals surface area (Å²) in [5.74, 6) is -1.28. The number of ether oxygens (including phenoxy) is 1. The Morgan fingerprint density at radius 2 is 1.86 bits per heavy atom. The van der Waals surface area contributed by atoms with E-state index in [2.05, 4.69) is 4.90 Å². The van der Waals surface area contributed by atoms with Gasteiger partial charge >= 0.3 is 5.97 Å². The predicted molar refractivity (Wildman–Crippen MR) is 79.4 cm³/mol. The molecule has 2 fully saturated rings. The lowest BCUT2D eigenvalue weighted by Crippen LogP contribution is -2.57. The van der Waals surface area contributed by atoms with Crippen LogP contribution in [0.15, 0.2) is 30.3 Å². The standard InChI is InChI=1S/C16H20N2O4/c1-17-9-7-16(8-10-17)18(13(11-22-16)15(20)21)14(19)12-5-3-2-4-6-12/h2-6,13H,7-11H2,1H3,(H,20,21)/t13-/m1/s1. The Kier molecular flexibility index (Phi) is 3.88. The van der Waals surface area contributed by atoms with Crippen LogP contribution in [0.5, 0.6) is 0 Å². The van der Waals surface area contributed by atoms with Crippen molar-refractivity contribution in [2.75, 3.05) is 26.7 Å². The van der Waals surface area contributed by atoms with Gasteiger partial charge in [-0.3, -0.25) is 9.69 Å². The molecule has 0 unspecified atom stereocenters. The second kappa shape index (κ2) is 5.70. The first-order valence-electron chi connectivity index (χ1n) is 7.47. The molecule has 118 valence electrons. The fraction of sp³-hybridized carbons (Fsp3) is 0.500. The summed E-state index contributed by atoms with van der Waals surface area (Å²) < 4.78 is 5.86. The van der Waals surface area contributed by atoms with Gasteiger partial charge in [0.1, 0.15) is 5.72 Å². The molecule has 6 nitrogen and oxygen atoms in total. The van der Waals surface area contributed by atoms with Gasteiger partial charge in [0.15, 0.2) is 6.04 Å². The number of carboxylic acid groups (broad SMARTS) is 1. The molecular weight excluding hydrogens is 284 g/mol. The molecular formula is C16H20N2O4. The van der Waals surface area contributed by atoms with Gasteiger partial charge in [-0.15, -0.1) is 0 Å². The second-order valence-electron chi connectivity index (χ2n) is 5.96. The van der Waals surface area contributed by atoms with Crippen molar-refractivity contribution < 1.29 is 19.4 Å². The van der Waals surface area contributed by atoms with E-state index in [0.717, 1.165) is 13.1 Å². The molecule has 2 aliphatic heterocycles. The number of nitrogens with zero attached hydrogens (tertiary/aromatic N) is 2. The number of rotatable bonds is 2. The summed E-state index contributed by atoms with van der Waals surface area (Å²) in [5.41, 5.74) is -0.291. The molecule has 0 saturated carbocycles. The zero-order valence-electron chi connectivity index (χ0n) is 12.6. The number of hydrogen-bond donors (Lipinski definition) is 1. The molecule has 0 radical (unpaired) electrons. The number of likely N-dealkylation sites (tertiary alicyclic amines) is 1. The molecule has 1 N–H and O–H groups in total. The van der Waals surface area contributed by atoms with Crippen molar-refractivity contribution in [3.8, 4) is 0 Å². The number of carbonyl (C=O) groups is 2. The number of benzene rings is 1. The van der Waals surface area contributed by atoms with Crippen LogP contribution in [0, 0.1) is 0 Å². The largest absolute Gasteiger partial charge is 0.480 e. The summed E-state index contributed by atoms with van der Waals surface area (Å²) in [6, 6.07) is 7.89. The highest BCUT2D eigenvalue weighted by Crippen LogP contribution is 2.38. The van der Waals surface area contributed by atoms with E-state index < -0.39 is 17.7 Å². The molecule has 0 aromatic heterocycles. The van der Waals surface area contributed by atoms with E-state index >= 15 is 0 Å². The molecule has 1 amide bonds. The maximum atomic E-state index is 12.9. The third kappa shape index (κ3) is 2.48. The van der Waals surface area contributed by atoms with Crippen molar-refractivity contribution in [1.82, 2.24) is 9.80 Å². The fourth-order valence-corrected chi connectivity index (χ4v) is 3.24. The maximum absolute atomic E-state index is 12.9. The molecule has 2 heterocycles. The number of amides is 1. The quantitative estimate of drug-likeness (QED) is 0.884. The average Bonchev–Trinajstić information content (AvgIpc) is 2.90. The first-order valence-corrected chi connectivity index (χ1v) is 7.47. The van der Waals surface area contributed by atoms with E-state index in [1.165, 1.54) is 4.90 Å². The Morgan fingerprint density at radius 3 is 2.45 bits per heavy atom. The molecule has 2 saturated heterocycles. The second-order valence-corrected chi connectivity index (χ2v) is 5.96. The lowest BCUT2D eigenvalue weighted by Gasteiger charge is -2.43. The molecule has 1 aromatic carbocycles. The van der Waals surface area contributed by atoms with Crippen LogP contribution >= 0.6 is 0 Å². The number of piperidine rings is 1. The predicted octanol–water partition coefficient (Wildman–Crippen LogP) is 1.03. The maximum Gasteiger partial charge on any atom is 0.328 e. The van der Waals surface area contributed by atoms with E-state index in [1.54, 1.807) is 24.3 Å². The van der Waals surface area contributed by atoms with Crippen molar-refractivity contribution in [3.05, 3.63) is 35.9 Å². The number of hydrogen-bond acceptors (Lipinski definition) is 4.